The number of aryl methyl sites for hydroxylation is 1. The summed E-state index contributed by atoms with van der Waals surface area (Å²) in [6.07, 6.45) is 0. The normalized spacial score (nSPS) is 10.3. The Morgan fingerprint density at radius 3 is 2.77 bits per heavy atom. The van der Waals surface area contributed by atoms with Crippen molar-refractivity contribution < 1.29 is 19.0 Å². The summed E-state index contributed by atoms with van der Waals surface area (Å²) in [6.45, 7) is 1.61. The highest BCUT2D eigenvalue weighted by Crippen LogP contribution is 2.17. The van der Waals surface area contributed by atoms with Crippen LogP contribution in [-0.2, 0) is 17.9 Å². The molecule has 0 radical (unpaired) electrons. The van der Waals surface area contributed by atoms with Crippen LogP contribution in [-0.4, -0.2) is 17.6 Å². The minimum atomic E-state index is -0.311. The first kappa shape index (κ1) is 16.0. The van der Waals surface area contributed by atoms with Gasteiger partial charge in [-0.15, -0.1) is 0 Å². The van der Waals surface area contributed by atoms with Gasteiger partial charge < -0.3 is 15.2 Å². The molecular formula is C17H18FNO3. The summed E-state index contributed by atoms with van der Waals surface area (Å²) in [7, 11) is 0. The Bertz CT molecular complexity index is 658. The van der Waals surface area contributed by atoms with Gasteiger partial charge in [-0.1, -0.05) is 30.3 Å². The second kappa shape index (κ2) is 7.56. The quantitative estimate of drug-likeness (QED) is 0.861. The van der Waals surface area contributed by atoms with E-state index in [2.05, 4.69) is 5.32 Å². The number of carbonyl (C=O) groups is 1. The van der Waals surface area contributed by atoms with E-state index >= 15 is 0 Å². The smallest absolute Gasteiger partial charge is 0.258 e. The van der Waals surface area contributed by atoms with E-state index in [1.54, 1.807) is 43.3 Å². The number of rotatable bonds is 6. The molecule has 116 valence electrons. The Kier molecular flexibility index (Phi) is 5.49. The van der Waals surface area contributed by atoms with E-state index < -0.39 is 0 Å². The monoisotopic (exact) mass is 303 g/mol. The molecule has 2 aromatic rings. The third-order valence-corrected chi connectivity index (χ3v) is 3.23. The van der Waals surface area contributed by atoms with E-state index in [0.717, 1.165) is 0 Å². The third-order valence-electron chi connectivity index (χ3n) is 3.23. The minimum absolute atomic E-state index is 0.152. The average molecular weight is 303 g/mol. The van der Waals surface area contributed by atoms with Crippen molar-refractivity contribution in [1.82, 2.24) is 5.32 Å². The van der Waals surface area contributed by atoms with Crippen LogP contribution in [0, 0.1) is 12.7 Å². The van der Waals surface area contributed by atoms with E-state index in [1.807, 2.05) is 0 Å². The number of para-hydroxylation sites is 1. The van der Waals surface area contributed by atoms with Gasteiger partial charge in [0.1, 0.15) is 11.6 Å². The van der Waals surface area contributed by atoms with Crippen molar-refractivity contribution in [3.05, 3.63) is 65.0 Å². The van der Waals surface area contributed by atoms with Crippen LogP contribution >= 0.6 is 0 Å². The van der Waals surface area contributed by atoms with Gasteiger partial charge in [-0.3, -0.25) is 4.79 Å². The SMILES string of the molecule is Cc1ccc(CNC(=O)COc2ccccc2CO)cc1F. The summed E-state index contributed by atoms with van der Waals surface area (Å²) in [5.74, 6) is -0.130. The summed E-state index contributed by atoms with van der Waals surface area (Å²) in [5.41, 5.74) is 1.88. The maximum atomic E-state index is 13.4. The molecule has 5 heteroatoms. The summed E-state index contributed by atoms with van der Waals surface area (Å²) < 4.78 is 18.8. The second-order valence-electron chi connectivity index (χ2n) is 4.91. The van der Waals surface area contributed by atoms with E-state index in [0.29, 0.717) is 22.4 Å². The van der Waals surface area contributed by atoms with E-state index in [-0.39, 0.29) is 31.5 Å². The lowest BCUT2D eigenvalue weighted by Crippen LogP contribution is -2.28. The number of nitrogens with one attached hydrogen (secondary N) is 1. The maximum Gasteiger partial charge on any atom is 0.258 e. The number of hydrogen-bond acceptors (Lipinski definition) is 3. The van der Waals surface area contributed by atoms with Gasteiger partial charge >= 0.3 is 0 Å². The highest BCUT2D eigenvalue weighted by Gasteiger charge is 2.06. The molecule has 22 heavy (non-hydrogen) atoms. The maximum absolute atomic E-state index is 13.4. The zero-order chi connectivity index (χ0) is 15.9. The number of amides is 1. The molecule has 0 aliphatic carbocycles. The minimum Gasteiger partial charge on any atom is -0.483 e. The first-order valence-electron chi connectivity index (χ1n) is 6.93. The van der Waals surface area contributed by atoms with E-state index in [9.17, 15) is 9.18 Å². The lowest BCUT2D eigenvalue weighted by molar-refractivity contribution is -0.123. The van der Waals surface area contributed by atoms with Gasteiger partial charge in [-0.05, 0) is 30.2 Å². The number of aliphatic hydroxyl groups excluding tert-OH is 1. The Hall–Kier alpha value is -2.40. The molecule has 2 rings (SSSR count). The van der Waals surface area contributed by atoms with Crippen molar-refractivity contribution in [2.75, 3.05) is 6.61 Å². The Morgan fingerprint density at radius 1 is 1.27 bits per heavy atom. The van der Waals surface area contributed by atoms with Crippen molar-refractivity contribution in [2.45, 2.75) is 20.1 Å². The molecule has 1 amide bonds. The highest BCUT2D eigenvalue weighted by molar-refractivity contribution is 5.77. The van der Waals surface area contributed by atoms with Crippen LogP contribution in [0.1, 0.15) is 16.7 Å². The zero-order valence-electron chi connectivity index (χ0n) is 12.3. The predicted molar refractivity (Wildman–Crippen MR) is 80.8 cm³/mol. The fourth-order valence-corrected chi connectivity index (χ4v) is 1.92. The predicted octanol–water partition coefficient (Wildman–Crippen LogP) is 2.32. The topological polar surface area (TPSA) is 58.6 Å². The molecule has 0 saturated carbocycles. The molecule has 0 spiro atoms. The Morgan fingerprint density at radius 2 is 2.05 bits per heavy atom. The molecule has 0 aromatic heterocycles. The van der Waals surface area contributed by atoms with Crippen molar-refractivity contribution in [1.29, 1.82) is 0 Å². The number of aliphatic hydroxyl groups is 1. The van der Waals surface area contributed by atoms with Crippen LogP contribution in [0.15, 0.2) is 42.5 Å². The molecule has 0 fully saturated rings. The van der Waals surface area contributed by atoms with Crippen LogP contribution in [0.2, 0.25) is 0 Å². The van der Waals surface area contributed by atoms with Crippen LogP contribution in [0.25, 0.3) is 0 Å². The molecule has 0 aliphatic heterocycles. The van der Waals surface area contributed by atoms with Crippen LogP contribution in [0.3, 0.4) is 0 Å². The number of benzene rings is 2. The van der Waals surface area contributed by atoms with Crippen LogP contribution in [0.4, 0.5) is 4.39 Å². The zero-order valence-corrected chi connectivity index (χ0v) is 12.3. The van der Waals surface area contributed by atoms with Crippen LogP contribution < -0.4 is 10.1 Å². The Balaban J connectivity index is 1.84. The van der Waals surface area contributed by atoms with Crippen molar-refractivity contribution in [3.63, 3.8) is 0 Å². The van der Waals surface area contributed by atoms with Gasteiger partial charge in [0.15, 0.2) is 6.61 Å². The number of halogens is 1. The third kappa shape index (κ3) is 4.30. The van der Waals surface area contributed by atoms with Crippen molar-refractivity contribution in [3.8, 4) is 5.75 Å². The fourth-order valence-electron chi connectivity index (χ4n) is 1.92. The molecule has 0 heterocycles. The van der Waals surface area contributed by atoms with Gasteiger partial charge in [0, 0.05) is 12.1 Å². The summed E-state index contributed by atoms with van der Waals surface area (Å²) >= 11 is 0. The summed E-state index contributed by atoms with van der Waals surface area (Å²) in [5, 5.41) is 11.8. The van der Waals surface area contributed by atoms with E-state index in [4.69, 9.17) is 9.84 Å². The second-order valence-corrected chi connectivity index (χ2v) is 4.91. The molecule has 2 N–H and O–H groups in total. The fraction of sp³-hybridized carbons (Fsp3) is 0.235. The van der Waals surface area contributed by atoms with Gasteiger partial charge in [0.25, 0.3) is 5.91 Å². The molecule has 4 nitrogen and oxygen atoms in total. The highest BCUT2D eigenvalue weighted by atomic mass is 19.1. The number of carbonyl (C=O) groups excluding carboxylic acids is 1. The molecule has 0 aliphatic rings. The largest absolute Gasteiger partial charge is 0.483 e. The lowest BCUT2D eigenvalue weighted by Gasteiger charge is -2.10. The molecule has 0 bridgehead atoms. The molecule has 0 saturated heterocycles. The molecule has 0 unspecified atom stereocenters. The summed E-state index contributed by atoms with van der Waals surface area (Å²) in [6, 6.07) is 11.8. The first-order valence-corrected chi connectivity index (χ1v) is 6.93. The standard InChI is InChI=1S/C17H18FNO3/c1-12-6-7-13(8-15(12)18)9-19-17(21)11-22-16-5-3-2-4-14(16)10-20/h2-8,20H,9-11H2,1H3,(H,19,21). The lowest BCUT2D eigenvalue weighted by atomic mass is 10.1. The first-order chi connectivity index (χ1) is 10.6. The average Bonchev–Trinajstić information content (AvgIpc) is 2.54. The van der Waals surface area contributed by atoms with Gasteiger partial charge in [-0.2, -0.15) is 0 Å². The van der Waals surface area contributed by atoms with E-state index in [1.165, 1.54) is 6.07 Å². The molecule has 2 aromatic carbocycles. The number of ether oxygens (including phenoxy) is 1. The van der Waals surface area contributed by atoms with Crippen molar-refractivity contribution in [2.24, 2.45) is 0 Å². The summed E-state index contributed by atoms with van der Waals surface area (Å²) in [4.78, 5) is 11.7. The van der Waals surface area contributed by atoms with Crippen LogP contribution in [0.5, 0.6) is 5.75 Å². The molecule has 0 atom stereocenters. The van der Waals surface area contributed by atoms with Gasteiger partial charge in [0.05, 0.1) is 6.61 Å². The van der Waals surface area contributed by atoms with Gasteiger partial charge in [0.2, 0.25) is 0 Å². The van der Waals surface area contributed by atoms with Crippen molar-refractivity contribution >= 4 is 5.91 Å². The van der Waals surface area contributed by atoms with Gasteiger partial charge in [-0.25, -0.2) is 4.39 Å². The Labute approximate surface area is 128 Å². The number of hydrogen-bond donors (Lipinski definition) is 2. The molecular weight excluding hydrogens is 285 g/mol.